The maximum Gasteiger partial charge on any atom is 0.422 e. The largest absolute Gasteiger partial charge is 0.484 e. The first kappa shape index (κ1) is 23.0. The predicted octanol–water partition coefficient (Wildman–Crippen LogP) is 3.46. The van der Waals surface area contributed by atoms with E-state index in [-0.39, 0.29) is 24.7 Å². The molecule has 0 saturated carbocycles. The molecule has 2 aromatic rings. The molecule has 2 rings (SSSR count). The number of carbonyl (C=O) groups excluding carboxylic acids is 1. The average Bonchev–Trinajstić information content (AvgIpc) is 2.70. The molecule has 0 atom stereocenters. The lowest BCUT2D eigenvalue weighted by Crippen LogP contribution is -2.41. The Kier molecular flexibility index (Phi) is 8.45. The van der Waals surface area contributed by atoms with Gasteiger partial charge >= 0.3 is 6.18 Å². The number of anilines is 1. The summed E-state index contributed by atoms with van der Waals surface area (Å²) in [6.07, 6.45) is -4.39. The number of benzene rings is 2. The summed E-state index contributed by atoms with van der Waals surface area (Å²) in [4.78, 5) is 16.3. The van der Waals surface area contributed by atoms with Gasteiger partial charge in [-0.1, -0.05) is 12.1 Å². The number of alkyl halides is 3. The Morgan fingerprint density at radius 1 is 1.03 bits per heavy atom. The number of carbonyl (C=O) groups is 1. The van der Waals surface area contributed by atoms with Gasteiger partial charge in [0.2, 0.25) is 5.91 Å². The van der Waals surface area contributed by atoms with Gasteiger partial charge < -0.3 is 20.7 Å². The fourth-order valence-corrected chi connectivity index (χ4v) is 2.27. The van der Waals surface area contributed by atoms with E-state index in [2.05, 4.69) is 25.7 Å². The molecule has 0 unspecified atom stereocenters. The van der Waals surface area contributed by atoms with Crippen molar-refractivity contribution in [2.24, 2.45) is 4.99 Å². The second-order valence-corrected chi connectivity index (χ2v) is 6.15. The monoisotopic (exact) mass is 426 g/mol. The number of nitrogens with zero attached hydrogens (tertiary/aromatic N) is 1. The van der Waals surface area contributed by atoms with Gasteiger partial charge in [-0.2, -0.15) is 13.2 Å². The van der Waals surface area contributed by atoms with Crippen LogP contribution in [0.4, 0.5) is 23.2 Å². The summed E-state index contributed by atoms with van der Waals surface area (Å²) in [5, 5.41) is 8.49. The molecule has 0 spiro atoms. The Morgan fingerprint density at radius 2 is 1.70 bits per heavy atom. The van der Waals surface area contributed by atoms with Crippen LogP contribution in [0.3, 0.4) is 0 Å². The van der Waals surface area contributed by atoms with E-state index in [1.807, 2.05) is 6.92 Å². The van der Waals surface area contributed by atoms with Crippen LogP contribution in [-0.4, -0.2) is 37.7 Å². The lowest BCUT2D eigenvalue weighted by atomic mass is 10.2. The van der Waals surface area contributed by atoms with Crippen molar-refractivity contribution < 1.29 is 27.1 Å². The molecule has 1 amide bonds. The number of rotatable bonds is 8. The second-order valence-electron chi connectivity index (χ2n) is 6.15. The molecule has 0 fully saturated rings. The minimum atomic E-state index is -4.39. The van der Waals surface area contributed by atoms with E-state index in [1.165, 1.54) is 36.4 Å². The fraction of sp³-hybridized carbons (Fsp3) is 0.300. The van der Waals surface area contributed by atoms with Crippen LogP contribution in [0.1, 0.15) is 12.5 Å². The molecule has 0 aliphatic heterocycles. The SMILES string of the molecule is CCNC(=NCc1ccc(OCC(F)(F)F)cc1)NCC(=O)Nc1ccc(F)cc1. The van der Waals surface area contributed by atoms with E-state index >= 15 is 0 Å². The Morgan fingerprint density at radius 3 is 2.30 bits per heavy atom. The molecule has 30 heavy (non-hydrogen) atoms. The molecule has 0 heterocycles. The summed E-state index contributed by atoms with van der Waals surface area (Å²) in [6, 6.07) is 11.5. The van der Waals surface area contributed by atoms with Crippen molar-refractivity contribution in [1.82, 2.24) is 10.6 Å². The highest BCUT2D eigenvalue weighted by Gasteiger charge is 2.28. The van der Waals surface area contributed by atoms with Gasteiger partial charge in [-0.05, 0) is 48.9 Å². The lowest BCUT2D eigenvalue weighted by Gasteiger charge is -2.12. The minimum Gasteiger partial charge on any atom is -0.484 e. The van der Waals surface area contributed by atoms with E-state index < -0.39 is 18.6 Å². The van der Waals surface area contributed by atoms with Crippen molar-refractivity contribution in [3.05, 3.63) is 59.9 Å². The van der Waals surface area contributed by atoms with Crippen LogP contribution in [-0.2, 0) is 11.3 Å². The number of amides is 1. The predicted molar refractivity (Wildman–Crippen MR) is 106 cm³/mol. The molecule has 0 bridgehead atoms. The number of hydrogen-bond acceptors (Lipinski definition) is 3. The van der Waals surface area contributed by atoms with E-state index in [4.69, 9.17) is 0 Å². The summed E-state index contributed by atoms with van der Waals surface area (Å²) in [7, 11) is 0. The van der Waals surface area contributed by atoms with E-state index in [0.29, 0.717) is 18.2 Å². The molecule has 3 N–H and O–H groups in total. The number of ether oxygens (including phenoxy) is 1. The molecule has 10 heteroatoms. The summed E-state index contributed by atoms with van der Waals surface area (Å²) >= 11 is 0. The quantitative estimate of drug-likeness (QED) is 0.343. The highest BCUT2D eigenvalue weighted by molar-refractivity contribution is 5.94. The van der Waals surface area contributed by atoms with Crippen molar-refractivity contribution in [1.29, 1.82) is 0 Å². The maximum atomic E-state index is 12.9. The van der Waals surface area contributed by atoms with Crippen LogP contribution < -0.4 is 20.7 Å². The average molecular weight is 426 g/mol. The normalized spacial score (nSPS) is 11.7. The number of halogens is 4. The third-order valence-electron chi connectivity index (χ3n) is 3.63. The van der Waals surface area contributed by atoms with Gasteiger partial charge in [0.05, 0.1) is 13.1 Å². The van der Waals surface area contributed by atoms with Gasteiger partial charge in [0, 0.05) is 12.2 Å². The first-order valence-corrected chi connectivity index (χ1v) is 9.11. The number of guanidine groups is 1. The Balaban J connectivity index is 1.85. The van der Waals surface area contributed by atoms with E-state index in [0.717, 1.165) is 5.56 Å². The number of nitrogens with one attached hydrogen (secondary N) is 3. The number of hydrogen-bond donors (Lipinski definition) is 3. The third kappa shape index (κ3) is 8.80. The second kappa shape index (κ2) is 11.0. The first-order valence-electron chi connectivity index (χ1n) is 9.11. The lowest BCUT2D eigenvalue weighted by molar-refractivity contribution is -0.153. The molecule has 6 nitrogen and oxygen atoms in total. The Bertz CT molecular complexity index is 837. The van der Waals surface area contributed by atoms with Crippen molar-refractivity contribution in [3.63, 3.8) is 0 Å². The standard InChI is InChI=1S/C20H22F4N4O2/c1-2-25-19(27-12-18(29)28-16-7-5-15(21)6-8-16)26-11-14-3-9-17(10-4-14)30-13-20(22,23)24/h3-10H,2,11-13H2,1H3,(H,28,29)(H2,25,26,27). The molecule has 0 aliphatic rings. The zero-order valence-corrected chi connectivity index (χ0v) is 16.2. The summed E-state index contributed by atoms with van der Waals surface area (Å²) in [6.45, 7) is 1.26. The summed E-state index contributed by atoms with van der Waals surface area (Å²) < 4.78 is 54.1. The smallest absolute Gasteiger partial charge is 0.422 e. The van der Waals surface area contributed by atoms with Gasteiger partial charge in [0.25, 0.3) is 0 Å². The molecule has 162 valence electrons. The highest BCUT2D eigenvalue weighted by atomic mass is 19.4. The van der Waals surface area contributed by atoms with Crippen LogP contribution >= 0.6 is 0 Å². The Hall–Kier alpha value is -3.30. The minimum absolute atomic E-state index is 0.0621. The van der Waals surface area contributed by atoms with Gasteiger partial charge in [-0.15, -0.1) is 0 Å². The van der Waals surface area contributed by atoms with Crippen LogP contribution in [0.5, 0.6) is 5.75 Å². The molecule has 0 aromatic heterocycles. The van der Waals surface area contributed by atoms with E-state index in [1.54, 1.807) is 12.1 Å². The van der Waals surface area contributed by atoms with Crippen LogP contribution in [0, 0.1) is 5.82 Å². The van der Waals surface area contributed by atoms with Crippen molar-refractivity contribution in [3.8, 4) is 5.75 Å². The molecular formula is C20H22F4N4O2. The van der Waals surface area contributed by atoms with E-state index in [9.17, 15) is 22.4 Å². The molecule has 0 saturated heterocycles. The third-order valence-corrected chi connectivity index (χ3v) is 3.63. The van der Waals surface area contributed by atoms with Crippen molar-refractivity contribution >= 4 is 17.6 Å². The van der Waals surface area contributed by atoms with Crippen LogP contribution in [0.15, 0.2) is 53.5 Å². The van der Waals surface area contributed by atoms with Gasteiger partial charge in [0.15, 0.2) is 12.6 Å². The van der Waals surface area contributed by atoms with Gasteiger partial charge in [-0.3, -0.25) is 4.79 Å². The fourth-order valence-electron chi connectivity index (χ4n) is 2.27. The van der Waals surface area contributed by atoms with Crippen molar-refractivity contribution in [2.45, 2.75) is 19.6 Å². The highest BCUT2D eigenvalue weighted by Crippen LogP contribution is 2.19. The van der Waals surface area contributed by atoms with Crippen LogP contribution in [0.25, 0.3) is 0 Å². The van der Waals surface area contributed by atoms with Gasteiger partial charge in [0.1, 0.15) is 11.6 Å². The summed E-state index contributed by atoms with van der Waals surface area (Å²) in [5.41, 5.74) is 1.22. The zero-order valence-electron chi connectivity index (χ0n) is 16.2. The topological polar surface area (TPSA) is 74.8 Å². The number of aliphatic imine (C=N–C) groups is 1. The van der Waals surface area contributed by atoms with Gasteiger partial charge in [-0.25, -0.2) is 9.38 Å². The zero-order chi connectivity index (χ0) is 22.0. The molecule has 0 aliphatic carbocycles. The van der Waals surface area contributed by atoms with Crippen LogP contribution in [0.2, 0.25) is 0 Å². The maximum absolute atomic E-state index is 12.9. The molecule has 2 aromatic carbocycles. The van der Waals surface area contributed by atoms with Crippen molar-refractivity contribution in [2.75, 3.05) is 25.0 Å². The summed E-state index contributed by atoms with van der Waals surface area (Å²) in [5.74, 6) is -0.224. The first-order chi connectivity index (χ1) is 14.2. The Labute approximate surface area is 171 Å². The molecule has 0 radical (unpaired) electrons. The molecular weight excluding hydrogens is 404 g/mol.